The third-order valence-corrected chi connectivity index (χ3v) is 14.7. The van der Waals surface area contributed by atoms with Crippen LogP contribution in [0.1, 0.15) is 111 Å². The zero-order valence-corrected chi connectivity index (χ0v) is 25.4. The van der Waals surface area contributed by atoms with Gasteiger partial charge >= 0.3 is 5.97 Å². The molecule has 212 valence electrons. The van der Waals surface area contributed by atoms with Gasteiger partial charge in [-0.25, -0.2) is 0 Å². The van der Waals surface area contributed by atoms with Crippen LogP contribution in [0.3, 0.4) is 0 Å². The summed E-state index contributed by atoms with van der Waals surface area (Å²) in [6.45, 7) is 17.6. The van der Waals surface area contributed by atoms with E-state index in [1.807, 2.05) is 0 Å². The van der Waals surface area contributed by atoms with Crippen molar-refractivity contribution < 1.29 is 14.3 Å². The summed E-state index contributed by atoms with van der Waals surface area (Å²) in [7, 11) is 0. The van der Waals surface area contributed by atoms with Crippen molar-refractivity contribution >= 4 is 16.9 Å². The quantitative estimate of drug-likeness (QED) is 0.421. The number of fused-ring (bicyclic) bond motifs is 10. The molecule has 39 heavy (non-hydrogen) atoms. The second-order valence-corrected chi connectivity index (χ2v) is 16.4. The molecule has 1 aromatic carbocycles. The third-order valence-electron chi connectivity index (χ3n) is 14.7. The summed E-state index contributed by atoms with van der Waals surface area (Å²) in [4.78, 5) is 13.0. The van der Waals surface area contributed by atoms with Crippen LogP contribution < -0.4 is 0 Å². The summed E-state index contributed by atoms with van der Waals surface area (Å²) >= 11 is 0. The monoisotopic (exact) mass is 530 g/mol. The number of carbonyl (C=O) groups is 1. The Labute approximate surface area is 235 Å². The van der Waals surface area contributed by atoms with Crippen molar-refractivity contribution in [1.29, 1.82) is 0 Å². The molecular weight excluding hydrogens is 480 g/mol. The van der Waals surface area contributed by atoms with Gasteiger partial charge in [0.25, 0.3) is 0 Å². The minimum absolute atomic E-state index is 0.0135. The zero-order valence-electron chi connectivity index (χ0n) is 25.4. The predicted molar refractivity (Wildman–Crippen MR) is 157 cm³/mol. The molecular formula is C36H50O3. The van der Waals surface area contributed by atoms with Crippen LogP contribution in [0.15, 0.2) is 28.7 Å². The average Bonchev–Trinajstić information content (AvgIpc) is 3.45. The second kappa shape index (κ2) is 7.95. The first-order valence-electron chi connectivity index (χ1n) is 16.1. The fourth-order valence-electron chi connectivity index (χ4n) is 12.9. The lowest BCUT2D eigenvalue weighted by Gasteiger charge is -2.72. The maximum atomic E-state index is 13.0. The van der Waals surface area contributed by atoms with Crippen LogP contribution in [0.2, 0.25) is 0 Å². The Balaban J connectivity index is 1.33. The summed E-state index contributed by atoms with van der Waals surface area (Å²) in [5.41, 5.74) is 2.71. The topological polar surface area (TPSA) is 50.4 Å². The SMILES string of the molecule is CC(C)C1CC[C@]2(C(=O)O)CC[C@]3(C)C(CCC4[C@@]5(C)Cc6c(oc7ccccc67)C(C)(C)C5CC[C@]43C)C12. The molecule has 4 saturated carbocycles. The molecule has 2 aromatic rings. The molecule has 1 N–H and O–H groups in total. The van der Waals surface area contributed by atoms with Gasteiger partial charge in [-0.3, -0.25) is 4.79 Å². The summed E-state index contributed by atoms with van der Waals surface area (Å²) < 4.78 is 6.63. The lowest BCUT2D eigenvalue weighted by atomic mass is 9.32. The highest BCUT2D eigenvalue weighted by Crippen LogP contribution is 2.77. The number of benzene rings is 1. The molecule has 5 aliphatic carbocycles. The van der Waals surface area contributed by atoms with Crippen molar-refractivity contribution in [3.05, 3.63) is 35.6 Å². The molecule has 3 nitrogen and oxygen atoms in total. The van der Waals surface area contributed by atoms with Crippen LogP contribution in [0.25, 0.3) is 11.0 Å². The summed E-state index contributed by atoms with van der Waals surface area (Å²) in [5, 5.41) is 12.0. The number of carboxylic acid groups (broad SMARTS) is 1. The Bertz CT molecular complexity index is 1330. The van der Waals surface area contributed by atoms with Crippen LogP contribution in [0.4, 0.5) is 0 Å². The van der Waals surface area contributed by atoms with Crippen molar-refractivity contribution in [3.63, 3.8) is 0 Å². The molecule has 5 aliphatic rings. The van der Waals surface area contributed by atoms with E-state index in [1.165, 1.54) is 42.4 Å². The van der Waals surface area contributed by atoms with Crippen LogP contribution in [-0.4, -0.2) is 11.1 Å². The second-order valence-electron chi connectivity index (χ2n) is 16.4. The van der Waals surface area contributed by atoms with Crippen LogP contribution >= 0.6 is 0 Å². The van der Waals surface area contributed by atoms with E-state index in [0.717, 1.165) is 37.7 Å². The van der Waals surface area contributed by atoms with E-state index < -0.39 is 11.4 Å². The fourth-order valence-corrected chi connectivity index (χ4v) is 12.9. The van der Waals surface area contributed by atoms with E-state index >= 15 is 0 Å². The minimum atomic E-state index is -0.492. The predicted octanol–water partition coefficient (Wildman–Crippen LogP) is 9.27. The third kappa shape index (κ3) is 2.99. The average molecular weight is 531 g/mol. The fraction of sp³-hybridized carbons (Fsp3) is 0.750. The molecule has 0 radical (unpaired) electrons. The van der Waals surface area contributed by atoms with E-state index in [1.54, 1.807) is 0 Å². The molecule has 0 amide bonds. The molecule has 0 aliphatic heterocycles. The van der Waals surface area contributed by atoms with Gasteiger partial charge in [-0.1, -0.05) is 66.7 Å². The summed E-state index contributed by atoms with van der Waals surface area (Å²) in [5.74, 6) is 3.98. The Morgan fingerprint density at radius 2 is 1.64 bits per heavy atom. The molecule has 7 rings (SSSR count). The molecule has 5 unspecified atom stereocenters. The maximum Gasteiger partial charge on any atom is 0.309 e. The van der Waals surface area contributed by atoms with Crippen molar-refractivity contribution in [2.24, 2.45) is 57.2 Å². The number of para-hydroxylation sites is 1. The van der Waals surface area contributed by atoms with E-state index in [0.29, 0.717) is 35.5 Å². The molecule has 0 bridgehead atoms. The Morgan fingerprint density at radius 3 is 2.36 bits per heavy atom. The Hall–Kier alpha value is -1.77. The van der Waals surface area contributed by atoms with E-state index in [4.69, 9.17) is 4.42 Å². The van der Waals surface area contributed by atoms with Crippen molar-refractivity contribution in [2.75, 3.05) is 0 Å². The number of rotatable bonds is 2. The summed E-state index contributed by atoms with van der Waals surface area (Å²) in [6, 6.07) is 8.69. The first-order chi connectivity index (χ1) is 18.3. The van der Waals surface area contributed by atoms with Crippen LogP contribution in [-0.2, 0) is 16.6 Å². The van der Waals surface area contributed by atoms with Gasteiger partial charge in [0.05, 0.1) is 5.41 Å². The van der Waals surface area contributed by atoms with Crippen molar-refractivity contribution in [2.45, 2.75) is 112 Å². The highest BCUT2D eigenvalue weighted by atomic mass is 16.4. The van der Waals surface area contributed by atoms with Gasteiger partial charge in [0.2, 0.25) is 0 Å². The number of furan rings is 1. The van der Waals surface area contributed by atoms with Gasteiger partial charge in [-0.15, -0.1) is 0 Å². The first-order valence-corrected chi connectivity index (χ1v) is 16.1. The lowest BCUT2D eigenvalue weighted by molar-refractivity contribution is -0.230. The van der Waals surface area contributed by atoms with Gasteiger partial charge in [0.1, 0.15) is 11.3 Å². The molecule has 4 fully saturated rings. The molecule has 0 spiro atoms. The number of hydrogen-bond donors (Lipinski definition) is 1. The van der Waals surface area contributed by atoms with Gasteiger partial charge in [0, 0.05) is 16.4 Å². The minimum Gasteiger partial charge on any atom is -0.481 e. The molecule has 9 atom stereocenters. The Kier molecular flexibility index (Phi) is 5.33. The molecule has 3 heteroatoms. The van der Waals surface area contributed by atoms with Crippen molar-refractivity contribution in [3.8, 4) is 0 Å². The van der Waals surface area contributed by atoms with E-state index in [9.17, 15) is 9.90 Å². The zero-order chi connectivity index (χ0) is 27.8. The van der Waals surface area contributed by atoms with Crippen LogP contribution in [0, 0.1) is 57.2 Å². The smallest absolute Gasteiger partial charge is 0.309 e. The summed E-state index contributed by atoms with van der Waals surface area (Å²) in [6.07, 6.45) is 10.1. The first kappa shape index (κ1) is 26.1. The van der Waals surface area contributed by atoms with Crippen molar-refractivity contribution in [1.82, 2.24) is 0 Å². The standard InChI is InChI=1S/C36H50O3/c1-21(2)22-14-17-36(31(37)38)19-18-34(6)25(29(22)36)12-13-28-33(5)20-24-23-10-8-9-11-26(23)39-30(24)32(3,4)27(33)15-16-35(28,34)7/h8-11,21-22,25,27-29H,12-20H2,1-7H3,(H,37,38)/t22?,25?,27?,28?,29?,33-,34+,35+,36-/m0/s1. The van der Waals surface area contributed by atoms with E-state index in [2.05, 4.69) is 72.7 Å². The van der Waals surface area contributed by atoms with Gasteiger partial charge in [-0.2, -0.15) is 0 Å². The largest absolute Gasteiger partial charge is 0.481 e. The number of aliphatic carboxylic acids is 1. The van der Waals surface area contributed by atoms with E-state index in [-0.39, 0.29) is 21.7 Å². The van der Waals surface area contributed by atoms with Gasteiger partial charge in [0.15, 0.2) is 0 Å². The van der Waals surface area contributed by atoms with Gasteiger partial charge < -0.3 is 9.52 Å². The molecule has 1 aromatic heterocycles. The normalized spacial score (nSPS) is 46.2. The molecule has 0 saturated heterocycles. The maximum absolute atomic E-state index is 13.0. The highest BCUT2D eigenvalue weighted by molar-refractivity contribution is 5.83. The highest BCUT2D eigenvalue weighted by Gasteiger charge is 2.72. The van der Waals surface area contributed by atoms with Crippen LogP contribution in [0.5, 0.6) is 0 Å². The Morgan fingerprint density at radius 1 is 0.897 bits per heavy atom. The lowest BCUT2D eigenvalue weighted by Crippen LogP contribution is -2.66. The number of carboxylic acids is 1. The number of hydrogen-bond acceptors (Lipinski definition) is 2. The van der Waals surface area contributed by atoms with Gasteiger partial charge in [-0.05, 0) is 116 Å². The molecule has 1 heterocycles.